The number of carbonyl (C=O) groups excluding carboxylic acids is 2. The molecule has 0 bridgehead atoms. The second-order valence-corrected chi connectivity index (χ2v) is 7.43. The zero-order valence-corrected chi connectivity index (χ0v) is 14.9. The number of thiophene rings is 1. The van der Waals surface area contributed by atoms with Gasteiger partial charge in [-0.25, -0.2) is 4.39 Å². The van der Waals surface area contributed by atoms with Crippen LogP contribution in [0.15, 0.2) is 41.8 Å². The molecule has 132 valence electrons. The average molecular weight is 360 g/mol. The molecule has 25 heavy (non-hydrogen) atoms. The van der Waals surface area contributed by atoms with Crippen molar-refractivity contribution in [3.63, 3.8) is 0 Å². The first-order chi connectivity index (χ1) is 12.0. The topological polar surface area (TPSA) is 49.4 Å². The zero-order chi connectivity index (χ0) is 17.9. The van der Waals surface area contributed by atoms with Gasteiger partial charge < -0.3 is 10.2 Å². The highest BCUT2D eigenvalue weighted by Gasteiger charge is 2.37. The Labute approximate surface area is 150 Å². The fourth-order valence-electron chi connectivity index (χ4n) is 3.42. The average Bonchev–Trinajstić information content (AvgIpc) is 3.27. The molecule has 3 rings (SSSR count). The summed E-state index contributed by atoms with van der Waals surface area (Å²) in [5.74, 6) is -0.643. The molecule has 4 nitrogen and oxygen atoms in total. The normalized spacial score (nSPS) is 15.8. The van der Waals surface area contributed by atoms with E-state index < -0.39 is 5.54 Å². The molecule has 0 unspecified atom stereocenters. The third-order valence-electron chi connectivity index (χ3n) is 4.69. The molecule has 6 heteroatoms. The van der Waals surface area contributed by atoms with Crippen molar-refractivity contribution in [2.24, 2.45) is 0 Å². The van der Waals surface area contributed by atoms with Crippen LogP contribution in [0.4, 0.5) is 4.39 Å². The van der Waals surface area contributed by atoms with E-state index in [1.165, 1.54) is 28.4 Å². The minimum Gasteiger partial charge on any atom is -0.345 e. The molecule has 2 amide bonds. The van der Waals surface area contributed by atoms with E-state index in [0.717, 1.165) is 31.2 Å². The van der Waals surface area contributed by atoms with Crippen LogP contribution in [0.3, 0.4) is 0 Å². The summed E-state index contributed by atoms with van der Waals surface area (Å²) in [6, 6.07) is 9.89. The van der Waals surface area contributed by atoms with Crippen molar-refractivity contribution in [1.82, 2.24) is 10.2 Å². The van der Waals surface area contributed by atoms with Crippen LogP contribution >= 0.6 is 11.3 Å². The Balaban J connectivity index is 1.69. The molecule has 0 atom stereocenters. The summed E-state index contributed by atoms with van der Waals surface area (Å²) in [6.45, 7) is -0.000319. The van der Waals surface area contributed by atoms with Crippen molar-refractivity contribution in [2.45, 2.75) is 31.2 Å². The fraction of sp³-hybridized carbons (Fsp3) is 0.368. The van der Waals surface area contributed by atoms with Gasteiger partial charge in [-0.3, -0.25) is 9.59 Å². The highest BCUT2D eigenvalue weighted by atomic mass is 32.1. The van der Waals surface area contributed by atoms with E-state index in [2.05, 4.69) is 5.32 Å². The molecule has 0 radical (unpaired) electrons. The van der Waals surface area contributed by atoms with Crippen molar-refractivity contribution in [3.05, 3.63) is 58.0 Å². The predicted molar refractivity (Wildman–Crippen MR) is 96.0 cm³/mol. The highest BCUT2D eigenvalue weighted by molar-refractivity contribution is 7.12. The van der Waals surface area contributed by atoms with Crippen LogP contribution < -0.4 is 5.32 Å². The summed E-state index contributed by atoms with van der Waals surface area (Å²) in [7, 11) is 1.63. The molecular formula is C19H21FN2O2S. The molecule has 1 aliphatic carbocycles. The third-order valence-corrected chi connectivity index (χ3v) is 5.55. The van der Waals surface area contributed by atoms with Gasteiger partial charge in [-0.1, -0.05) is 31.0 Å². The van der Waals surface area contributed by atoms with Gasteiger partial charge in [0.15, 0.2) is 0 Å². The van der Waals surface area contributed by atoms with Crippen LogP contribution in [0.5, 0.6) is 0 Å². The van der Waals surface area contributed by atoms with Crippen LogP contribution in [0.2, 0.25) is 0 Å². The van der Waals surface area contributed by atoms with Crippen LogP contribution in [0.1, 0.15) is 40.9 Å². The number of benzene rings is 1. The Morgan fingerprint density at radius 3 is 2.48 bits per heavy atom. The number of hydrogen-bond donors (Lipinski definition) is 1. The van der Waals surface area contributed by atoms with Gasteiger partial charge in [-0.15, -0.1) is 11.3 Å². The maximum Gasteiger partial charge on any atom is 0.264 e. The summed E-state index contributed by atoms with van der Waals surface area (Å²) in [5, 5.41) is 4.94. The number of likely N-dealkylation sites (N-methyl/N-ethyl adjacent to an activating group) is 1. The number of carbonyl (C=O) groups is 2. The molecule has 1 aliphatic rings. The maximum absolute atomic E-state index is 13.2. The Kier molecular flexibility index (Phi) is 5.18. The SMILES string of the molecule is CN(CC(=O)NC1(c2ccc(F)cc2)CCCC1)C(=O)c1cccs1. The first-order valence-electron chi connectivity index (χ1n) is 8.36. The smallest absolute Gasteiger partial charge is 0.264 e. The standard InChI is InChI=1S/C19H21FN2O2S/c1-22(18(24)16-5-4-12-25-16)13-17(23)21-19(10-2-3-11-19)14-6-8-15(20)9-7-14/h4-9,12H,2-3,10-11,13H2,1H3,(H,21,23). The number of nitrogens with zero attached hydrogens (tertiary/aromatic N) is 1. The number of hydrogen-bond acceptors (Lipinski definition) is 3. The Hall–Kier alpha value is -2.21. The number of amides is 2. The fourth-order valence-corrected chi connectivity index (χ4v) is 4.13. The Morgan fingerprint density at radius 2 is 1.88 bits per heavy atom. The van der Waals surface area contributed by atoms with Crippen molar-refractivity contribution in [1.29, 1.82) is 0 Å². The van der Waals surface area contributed by atoms with E-state index in [1.807, 2.05) is 11.4 Å². The summed E-state index contributed by atoms with van der Waals surface area (Å²) < 4.78 is 13.2. The van der Waals surface area contributed by atoms with E-state index in [9.17, 15) is 14.0 Å². The molecule has 1 aromatic heterocycles. The molecule has 0 saturated heterocycles. The number of halogens is 1. The van der Waals surface area contributed by atoms with Gasteiger partial charge in [0.05, 0.1) is 17.0 Å². The first-order valence-corrected chi connectivity index (χ1v) is 9.24. The number of rotatable bonds is 5. The zero-order valence-electron chi connectivity index (χ0n) is 14.1. The van der Waals surface area contributed by atoms with Gasteiger partial charge >= 0.3 is 0 Å². The van der Waals surface area contributed by atoms with Crippen LogP contribution in [0.25, 0.3) is 0 Å². The quantitative estimate of drug-likeness (QED) is 0.887. The second kappa shape index (κ2) is 7.35. The van der Waals surface area contributed by atoms with Crippen LogP contribution in [-0.4, -0.2) is 30.3 Å². The second-order valence-electron chi connectivity index (χ2n) is 6.48. The van der Waals surface area contributed by atoms with Gasteiger partial charge in [0, 0.05) is 7.05 Å². The Bertz CT molecular complexity index is 737. The molecular weight excluding hydrogens is 339 g/mol. The van der Waals surface area contributed by atoms with E-state index >= 15 is 0 Å². The monoisotopic (exact) mass is 360 g/mol. The molecule has 2 aromatic rings. The molecule has 1 saturated carbocycles. The Morgan fingerprint density at radius 1 is 1.20 bits per heavy atom. The summed E-state index contributed by atoms with van der Waals surface area (Å²) in [6.07, 6.45) is 3.68. The van der Waals surface area contributed by atoms with Gasteiger partial charge in [0.25, 0.3) is 5.91 Å². The minimum absolute atomic E-state index is 0.000319. The largest absolute Gasteiger partial charge is 0.345 e. The summed E-state index contributed by atoms with van der Waals surface area (Å²) in [4.78, 5) is 26.9. The number of nitrogens with one attached hydrogen (secondary N) is 1. The minimum atomic E-state index is -0.461. The van der Waals surface area contributed by atoms with Crippen molar-refractivity contribution in [2.75, 3.05) is 13.6 Å². The van der Waals surface area contributed by atoms with Gasteiger partial charge in [-0.2, -0.15) is 0 Å². The lowest BCUT2D eigenvalue weighted by Crippen LogP contribution is -2.48. The van der Waals surface area contributed by atoms with Crippen molar-refractivity contribution < 1.29 is 14.0 Å². The lowest BCUT2D eigenvalue weighted by Gasteiger charge is -2.32. The lowest BCUT2D eigenvalue weighted by atomic mass is 9.88. The first kappa shape index (κ1) is 17.6. The molecule has 1 heterocycles. The lowest BCUT2D eigenvalue weighted by molar-refractivity contribution is -0.123. The maximum atomic E-state index is 13.2. The van der Waals surface area contributed by atoms with Gasteiger partial charge in [0.1, 0.15) is 5.82 Å². The molecule has 0 spiro atoms. The summed E-state index contributed by atoms with van der Waals surface area (Å²) in [5.41, 5.74) is 0.462. The highest BCUT2D eigenvalue weighted by Crippen LogP contribution is 2.38. The molecule has 0 aliphatic heterocycles. The van der Waals surface area contributed by atoms with Crippen molar-refractivity contribution in [3.8, 4) is 0 Å². The molecule has 1 fully saturated rings. The van der Waals surface area contributed by atoms with Gasteiger partial charge in [0.2, 0.25) is 5.91 Å². The predicted octanol–water partition coefficient (Wildman–Crippen LogP) is 3.54. The van der Waals surface area contributed by atoms with Crippen LogP contribution in [0, 0.1) is 5.82 Å². The van der Waals surface area contributed by atoms with Crippen molar-refractivity contribution >= 4 is 23.2 Å². The van der Waals surface area contributed by atoms with E-state index in [0.29, 0.717) is 4.88 Å². The van der Waals surface area contributed by atoms with E-state index in [-0.39, 0.29) is 24.2 Å². The molecule has 1 N–H and O–H groups in total. The van der Waals surface area contributed by atoms with Gasteiger partial charge in [-0.05, 0) is 42.0 Å². The van der Waals surface area contributed by atoms with E-state index in [1.54, 1.807) is 25.2 Å². The molecule has 1 aromatic carbocycles. The van der Waals surface area contributed by atoms with Crippen LogP contribution in [-0.2, 0) is 10.3 Å². The third kappa shape index (κ3) is 3.90. The summed E-state index contributed by atoms with van der Waals surface area (Å²) >= 11 is 1.36. The van der Waals surface area contributed by atoms with E-state index in [4.69, 9.17) is 0 Å².